The lowest BCUT2D eigenvalue weighted by Gasteiger charge is -2.38. The molecule has 0 bridgehead atoms. The molecule has 2 unspecified atom stereocenters. The number of carbonyl (C=O) groups excluding carboxylic acids is 1. The number of methoxy groups -OCH3 is 1. The first kappa shape index (κ1) is 21.9. The molecule has 1 aliphatic rings. The van der Waals surface area contributed by atoms with Crippen LogP contribution in [0.25, 0.3) is 0 Å². The Balaban J connectivity index is 0.00000312. The number of benzene rings is 1. The number of amides is 1. The van der Waals surface area contributed by atoms with Gasteiger partial charge in [-0.2, -0.15) is 0 Å². The van der Waals surface area contributed by atoms with Crippen LogP contribution in [0.3, 0.4) is 0 Å². The van der Waals surface area contributed by atoms with Gasteiger partial charge in [0.15, 0.2) is 11.5 Å². The summed E-state index contributed by atoms with van der Waals surface area (Å²) in [5.41, 5.74) is 6.58. The Labute approximate surface area is 161 Å². The number of rotatable bonds is 6. The van der Waals surface area contributed by atoms with Crippen LogP contribution in [-0.4, -0.2) is 43.2 Å². The number of ether oxygens (including phenoxy) is 2. The molecule has 0 radical (unpaired) electrons. The quantitative estimate of drug-likeness (QED) is 0.799. The summed E-state index contributed by atoms with van der Waals surface area (Å²) in [5, 5.41) is 0.389. The van der Waals surface area contributed by atoms with Gasteiger partial charge >= 0.3 is 0 Å². The van der Waals surface area contributed by atoms with Crippen molar-refractivity contribution in [2.75, 3.05) is 20.3 Å². The van der Waals surface area contributed by atoms with Crippen LogP contribution in [0.2, 0.25) is 5.02 Å². The van der Waals surface area contributed by atoms with Crippen molar-refractivity contribution in [1.82, 2.24) is 4.90 Å². The van der Waals surface area contributed by atoms with Crippen molar-refractivity contribution in [2.24, 2.45) is 5.73 Å². The first-order valence-electron chi connectivity index (χ1n) is 8.56. The number of nitrogens with zero attached hydrogens (tertiary/aromatic N) is 1. The van der Waals surface area contributed by atoms with Crippen LogP contribution in [0.5, 0.6) is 11.5 Å². The van der Waals surface area contributed by atoms with E-state index in [0.29, 0.717) is 28.7 Å². The second kappa shape index (κ2) is 10.1. The van der Waals surface area contributed by atoms with Crippen molar-refractivity contribution in [1.29, 1.82) is 0 Å². The predicted octanol–water partition coefficient (Wildman–Crippen LogP) is 3.90. The van der Waals surface area contributed by atoms with Crippen LogP contribution in [-0.2, 0) is 0 Å². The minimum atomic E-state index is -0.0567. The molecule has 1 saturated heterocycles. The molecule has 25 heavy (non-hydrogen) atoms. The topological polar surface area (TPSA) is 64.8 Å². The van der Waals surface area contributed by atoms with Gasteiger partial charge in [0.1, 0.15) is 0 Å². The molecule has 2 N–H and O–H groups in total. The van der Waals surface area contributed by atoms with E-state index in [0.717, 1.165) is 32.2 Å². The Bertz CT molecular complexity index is 582. The number of nitrogens with two attached hydrogens (primary N) is 1. The molecule has 7 heteroatoms. The van der Waals surface area contributed by atoms with Crippen molar-refractivity contribution in [3.63, 3.8) is 0 Å². The van der Waals surface area contributed by atoms with E-state index in [4.69, 9.17) is 26.8 Å². The third kappa shape index (κ3) is 5.16. The van der Waals surface area contributed by atoms with Crippen molar-refractivity contribution in [3.8, 4) is 11.5 Å². The van der Waals surface area contributed by atoms with E-state index in [-0.39, 0.29) is 30.4 Å². The van der Waals surface area contributed by atoms with Gasteiger partial charge in [0.2, 0.25) is 0 Å². The van der Waals surface area contributed by atoms with Gasteiger partial charge < -0.3 is 20.1 Å². The minimum Gasteiger partial charge on any atom is -0.493 e. The average Bonchev–Trinajstić information content (AvgIpc) is 2.59. The fraction of sp³-hybridized carbons (Fsp3) is 0.611. The lowest BCUT2D eigenvalue weighted by molar-refractivity contribution is 0.0583. The Kier molecular flexibility index (Phi) is 8.83. The first-order chi connectivity index (χ1) is 11.5. The fourth-order valence-corrected chi connectivity index (χ4v) is 3.37. The summed E-state index contributed by atoms with van der Waals surface area (Å²) < 4.78 is 11.0. The van der Waals surface area contributed by atoms with Crippen molar-refractivity contribution in [3.05, 3.63) is 22.7 Å². The number of hydrogen-bond acceptors (Lipinski definition) is 4. The van der Waals surface area contributed by atoms with Gasteiger partial charge in [-0.3, -0.25) is 4.79 Å². The molecule has 0 aliphatic carbocycles. The summed E-state index contributed by atoms with van der Waals surface area (Å²) >= 11 is 6.33. The van der Waals surface area contributed by atoms with Gasteiger partial charge in [0.05, 0.1) is 18.7 Å². The Morgan fingerprint density at radius 1 is 1.44 bits per heavy atom. The standard InChI is InChI=1S/C18H27ClN2O3.ClH/c1-4-9-24-17-14(19)10-13(11-16(17)23-3)18(22)21-8-6-5-7-15(21)12(2)20;/h10-12,15H,4-9,20H2,1-3H3;1H. The number of piperidine rings is 1. The zero-order chi connectivity index (χ0) is 17.7. The van der Waals surface area contributed by atoms with Gasteiger partial charge in [0, 0.05) is 24.2 Å². The average molecular weight is 391 g/mol. The highest BCUT2D eigenvalue weighted by Gasteiger charge is 2.30. The Morgan fingerprint density at radius 3 is 2.76 bits per heavy atom. The van der Waals surface area contributed by atoms with Gasteiger partial charge in [-0.15, -0.1) is 12.4 Å². The van der Waals surface area contributed by atoms with Crippen LogP contribution in [0.1, 0.15) is 49.9 Å². The maximum atomic E-state index is 13.0. The molecule has 1 aliphatic heterocycles. The van der Waals surface area contributed by atoms with E-state index >= 15 is 0 Å². The number of halogens is 2. The molecular formula is C18H28Cl2N2O3. The van der Waals surface area contributed by atoms with Crippen molar-refractivity contribution in [2.45, 2.75) is 51.6 Å². The molecule has 142 valence electrons. The summed E-state index contributed by atoms with van der Waals surface area (Å²) in [6.45, 7) is 5.23. The highest BCUT2D eigenvalue weighted by molar-refractivity contribution is 6.32. The first-order valence-corrected chi connectivity index (χ1v) is 8.94. The molecule has 1 heterocycles. The second-order valence-electron chi connectivity index (χ2n) is 6.26. The maximum Gasteiger partial charge on any atom is 0.254 e. The summed E-state index contributed by atoms with van der Waals surface area (Å²) in [6.07, 6.45) is 3.90. The maximum absolute atomic E-state index is 13.0. The summed E-state index contributed by atoms with van der Waals surface area (Å²) in [4.78, 5) is 14.8. The molecular weight excluding hydrogens is 363 g/mol. The minimum absolute atomic E-state index is 0. The third-order valence-corrected chi connectivity index (χ3v) is 4.62. The molecule has 1 aromatic rings. The van der Waals surface area contributed by atoms with Gasteiger partial charge in [0.25, 0.3) is 5.91 Å². The molecule has 0 aromatic heterocycles. The molecule has 5 nitrogen and oxygen atoms in total. The van der Waals surface area contributed by atoms with E-state index in [1.165, 1.54) is 0 Å². The molecule has 0 saturated carbocycles. The molecule has 1 amide bonds. The smallest absolute Gasteiger partial charge is 0.254 e. The molecule has 1 aromatic carbocycles. The van der Waals surface area contributed by atoms with Crippen LogP contribution in [0.4, 0.5) is 0 Å². The van der Waals surface area contributed by atoms with Crippen LogP contribution < -0.4 is 15.2 Å². The van der Waals surface area contributed by atoms with Crippen LogP contribution in [0.15, 0.2) is 12.1 Å². The molecule has 2 atom stereocenters. The largest absolute Gasteiger partial charge is 0.493 e. The van der Waals surface area contributed by atoms with Gasteiger partial charge in [-0.05, 0) is 44.7 Å². The highest BCUT2D eigenvalue weighted by atomic mass is 35.5. The van der Waals surface area contributed by atoms with E-state index in [1.54, 1.807) is 19.2 Å². The third-order valence-electron chi connectivity index (χ3n) is 4.34. The number of likely N-dealkylation sites (tertiary alicyclic amines) is 1. The van der Waals surface area contributed by atoms with E-state index in [9.17, 15) is 4.79 Å². The summed E-state index contributed by atoms with van der Waals surface area (Å²) in [7, 11) is 1.55. The van der Waals surface area contributed by atoms with E-state index in [1.807, 2.05) is 18.7 Å². The van der Waals surface area contributed by atoms with Crippen molar-refractivity contribution < 1.29 is 14.3 Å². The normalized spacial score (nSPS) is 18.3. The number of hydrogen-bond donors (Lipinski definition) is 1. The van der Waals surface area contributed by atoms with Crippen LogP contribution >= 0.6 is 24.0 Å². The predicted molar refractivity (Wildman–Crippen MR) is 103 cm³/mol. The zero-order valence-electron chi connectivity index (χ0n) is 15.1. The molecule has 2 rings (SSSR count). The fourth-order valence-electron chi connectivity index (χ4n) is 3.11. The van der Waals surface area contributed by atoms with E-state index in [2.05, 4.69) is 0 Å². The highest BCUT2D eigenvalue weighted by Crippen LogP contribution is 2.37. The van der Waals surface area contributed by atoms with Crippen molar-refractivity contribution >= 4 is 29.9 Å². The molecule has 1 fully saturated rings. The van der Waals surface area contributed by atoms with Gasteiger partial charge in [-0.1, -0.05) is 18.5 Å². The number of carbonyl (C=O) groups is 1. The SMILES string of the molecule is CCCOc1c(Cl)cc(C(=O)N2CCCCC2C(C)N)cc1OC.Cl. The second-order valence-corrected chi connectivity index (χ2v) is 6.67. The lowest BCUT2D eigenvalue weighted by Crippen LogP contribution is -2.51. The van der Waals surface area contributed by atoms with Crippen LogP contribution in [0, 0.1) is 0 Å². The summed E-state index contributed by atoms with van der Waals surface area (Å²) in [6, 6.07) is 3.36. The summed E-state index contributed by atoms with van der Waals surface area (Å²) in [5.74, 6) is 0.910. The monoisotopic (exact) mass is 390 g/mol. The molecule has 0 spiro atoms. The van der Waals surface area contributed by atoms with Gasteiger partial charge in [-0.25, -0.2) is 0 Å². The van der Waals surface area contributed by atoms with E-state index < -0.39 is 0 Å². The zero-order valence-corrected chi connectivity index (χ0v) is 16.7. The Morgan fingerprint density at radius 2 is 2.16 bits per heavy atom. The lowest BCUT2D eigenvalue weighted by atomic mass is 9.96. The Hall–Kier alpha value is -1.17.